The van der Waals surface area contributed by atoms with Crippen LogP contribution in [0.15, 0.2) is 18.2 Å². The third-order valence-corrected chi connectivity index (χ3v) is 3.12. The quantitative estimate of drug-likeness (QED) is 0.492. The molecule has 4 nitrogen and oxygen atoms in total. The Labute approximate surface area is 84.4 Å². The standard InChI is InChI=1S/C8H8BNO3S/c10-6-4-2-1-3-5(9(12)13)7(4)14-8(6)11/h1-3,11-13H,10H2. The van der Waals surface area contributed by atoms with Crippen LogP contribution in [0.1, 0.15) is 0 Å². The zero-order valence-electron chi connectivity index (χ0n) is 7.14. The molecule has 0 amide bonds. The summed E-state index contributed by atoms with van der Waals surface area (Å²) in [6.07, 6.45) is 0. The topological polar surface area (TPSA) is 86.7 Å². The lowest BCUT2D eigenvalue weighted by Crippen LogP contribution is -2.29. The van der Waals surface area contributed by atoms with Gasteiger partial charge in [0.15, 0.2) is 5.06 Å². The Morgan fingerprint density at radius 3 is 2.64 bits per heavy atom. The SMILES string of the molecule is Nc1c(O)sc2c(B(O)O)cccc12. The van der Waals surface area contributed by atoms with E-state index in [2.05, 4.69) is 0 Å². The molecule has 0 saturated heterocycles. The van der Waals surface area contributed by atoms with Crippen molar-refractivity contribution in [3.05, 3.63) is 18.2 Å². The predicted octanol–water partition coefficient (Wildman–Crippen LogP) is -0.131. The molecule has 0 aliphatic rings. The normalized spacial score (nSPS) is 10.7. The zero-order valence-corrected chi connectivity index (χ0v) is 7.95. The molecule has 0 fully saturated rings. The van der Waals surface area contributed by atoms with Gasteiger partial charge in [-0.3, -0.25) is 0 Å². The maximum Gasteiger partial charge on any atom is 0.489 e. The van der Waals surface area contributed by atoms with E-state index in [1.807, 2.05) is 0 Å². The van der Waals surface area contributed by atoms with E-state index in [0.717, 1.165) is 11.3 Å². The Hall–Kier alpha value is -1.24. The lowest BCUT2D eigenvalue weighted by atomic mass is 9.80. The molecule has 14 heavy (non-hydrogen) atoms. The molecule has 6 heteroatoms. The number of benzene rings is 1. The summed E-state index contributed by atoms with van der Waals surface area (Å²) < 4.78 is 0.609. The van der Waals surface area contributed by atoms with Crippen LogP contribution in [0.25, 0.3) is 10.1 Å². The highest BCUT2D eigenvalue weighted by Gasteiger charge is 2.18. The number of thiophene rings is 1. The fourth-order valence-electron chi connectivity index (χ4n) is 1.35. The summed E-state index contributed by atoms with van der Waals surface area (Å²) in [4.78, 5) is 0. The van der Waals surface area contributed by atoms with Crippen molar-refractivity contribution in [1.29, 1.82) is 0 Å². The van der Waals surface area contributed by atoms with Crippen molar-refractivity contribution >= 4 is 39.7 Å². The Balaban J connectivity index is 2.81. The average Bonchev–Trinajstić information content (AvgIpc) is 2.43. The number of hydrogen-bond acceptors (Lipinski definition) is 5. The van der Waals surface area contributed by atoms with E-state index in [4.69, 9.17) is 15.8 Å². The fraction of sp³-hybridized carbons (Fsp3) is 0. The fourth-order valence-corrected chi connectivity index (χ4v) is 2.34. The van der Waals surface area contributed by atoms with Crippen molar-refractivity contribution in [2.24, 2.45) is 0 Å². The van der Waals surface area contributed by atoms with E-state index in [9.17, 15) is 5.11 Å². The molecule has 1 heterocycles. The number of aromatic hydroxyl groups is 1. The first-order valence-corrected chi connectivity index (χ1v) is 4.79. The monoisotopic (exact) mass is 209 g/mol. The third-order valence-electron chi connectivity index (χ3n) is 2.04. The van der Waals surface area contributed by atoms with Crippen LogP contribution in [0.4, 0.5) is 5.69 Å². The van der Waals surface area contributed by atoms with Gasteiger partial charge in [0.25, 0.3) is 0 Å². The Kier molecular flexibility index (Phi) is 2.11. The number of rotatable bonds is 1. The molecule has 5 N–H and O–H groups in total. The molecule has 72 valence electrons. The lowest BCUT2D eigenvalue weighted by Gasteiger charge is -1.99. The van der Waals surface area contributed by atoms with Gasteiger partial charge in [0.1, 0.15) is 0 Å². The molecular weight excluding hydrogens is 201 g/mol. The van der Waals surface area contributed by atoms with Gasteiger partial charge in [0, 0.05) is 15.5 Å². The highest BCUT2D eigenvalue weighted by atomic mass is 32.1. The van der Waals surface area contributed by atoms with Crippen molar-refractivity contribution in [3.8, 4) is 5.06 Å². The Morgan fingerprint density at radius 2 is 2.00 bits per heavy atom. The minimum absolute atomic E-state index is 0.00750. The van der Waals surface area contributed by atoms with Crippen LogP contribution in [-0.4, -0.2) is 22.3 Å². The van der Waals surface area contributed by atoms with Crippen LogP contribution in [0.2, 0.25) is 0 Å². The van der Waals surface area contributed by atoms with Crippen molar-refractivity contribution in [1.82, 2.24) is 0 Å². The second kappa shape index (κ2) is 3.16. The van der Waals surface area contributed by atoms with E-state index in [1.165, 1.54) is 0 Å². The van der Waals surface area contributed by atoms with Gasteiger partial charge in [0.2, 0.25) is 0 Å². The number of nitrogens with two attached hydrogens (primary N) is 1. The molecule has 1 aromatic carbocycles. The Morgan fingerprint density at radius 1 is 1.29 bits per heavy atom. The van der Waals surface area contributed by atoms with Crippen LogP contribution < -0.4 is 11.2 Å². The second-order valence-corrected chi connectivity index (χ2v) is 3.92. The predicted molar refractivity (Wildman–Crippen MR) is 57.7 cm³/mol. The van der Waals surface area contributed by atoms with Crippen LogP contribution >= 0.6 is 11.3 Å². The summed E-state index contributed by atoms with van der Waals surface area (Å²) in [5.74, 6) is 0. The van der Waals surface area contributed by atoms with Crippen LogP contribution in [0, 0.1) is 0 Å². The highest BCUT2D eigenvalue weighted by Crippen LogP contribution is 2.37. The number of anilines is 1. The average molecular weight is 209 g/mol. The van der Waals surface area contributed by atoms with Gasteiger partial charge in [-0.1, -0.05) is 29.5 Å². The first-order chi connectivity index (χ1) is 6.61. The maximum absolute atomic E-state index is 9.38. The summed E-state index contributed by atoms with van der Waals surface area (Å²) >= 11 is 1.04. The van der Waals surface area contributed by atoms with Crippen LogP contribution in [0.3, 0.4) is 0 Å². The minimum atomic E-state index is -1.55. The maximum atomic E-state index is 9.38. The first-order valence-electron chi connectivity index (χ1n) is 3.97. The number of fused-ring (bicyclic) bond motifs is 1. The molecule has 0 unspecified atom stereocenters. The molecule has 0 atom stereocenters. The van der Waals surface area contributed by atoms with E-state index in [0.29, 0.717) is 15.5 Å². The molecule has 2 aromatic rings. The largest absolute Gasteiger partial charge is 0.498 e. The smallest absolute Gasteiger partial charge is 0.489 e. The highest BCUT2D eigenvalue weighted by molar-refractivity contribution is 7.22. The van der Waals surface area contributed by atoms with Gasteiger partial charge in [-0.25, -0.2) is 0 Å². The van der Waals surface area contributed by atoms with Gasteiger partial charge < -0.3 is 20.9 Å². The second-order valence-electron chi connectivity index (χ2n) is 2.92. The van der Waals surface area contributed by atoms with Crippen molar-refractivity contribution in [3.63, 3.8) is 0 Å². The van der Waals surface area contributed by atoms with Crippen molar-refractivity contribution in [2.45, 2.75) is 0 Å². The summed E-state index contributed by atoms with van der Waals surface area (Å²) in [6, 6.07) is 4.98. The lowest BCUT2D eigenvalue weighted by molar-refractivity contribution is 0.426. The van der Waals surface area contributed by atoms with Crippen LogP contribution in [-0.2, 0) is 0 Å². The van der Waals surface area contributed by atoms with Gasteiger partial charge in [-0.2, -0.15) is 0 Å². The third kappa shape index (κ3) is 1.24. The van der Waals surface area contributed by atoms with E-state index < -0.39 is 7.12 Å². The molecular formula is C8H8BNO3S. The number of hydrogen-bond donors (Lipinski definition) is 4. The molecule has 0 aliphatic carbocycles. The van der Waals surface area contributed by atoms with E-state index in [-0.39, 0.29) is 10.8 Å². The van der Waals surface area contributed by atoms with E-state index >= 15 is 0 Å². The molecule has 0 spiro atoms. The zero-order chi connectivity index (χ0) is 10.3. The first kappa shape index (κ1) is 9.33. The van der Waals surface area contributed by atoms with Crippen LogP contribution in [0.5, 0.6) is 5.06 Å². The van der Waals surface area contributed by atoms with E-state index in [1.54, 1.807) is 18.2 Å². The Bertz CT molecular complexity index is 483. The summed E-state index contributed by atoms with van der Waals surface area (Å²) in [5.41, 5.74) is 6.25. The molecule has 0 radical (unpaired) electrons. The molecule has 0 saturated carbocycles. The number of nitrogen functional groups attached to an aromatic ring is 1. The molecule has 0 bridgehead atoms. The molecule has 1 aromatic heterocycles. The summed E-state index contributed by atoms with van der Waals surface area (Å²) in [7, 11) is -1.55. The summed E-state index contributed by atoms with van der Waals surface area (Å²) in [5, 5.41) is 28.2. The van der Waals surface area contributed by atoms with Gasteiger partial charge in [0.05, 0.1) is 5.69 Å². The van der Waals surface area contributed by atoms with Crippen molar-refractivity contribution in [2.75, 3.05) is 5.73 Å². The molecule has 2 rings (SSSR count). The molecule has 0 aliphatic heterocycles. The van der Waals surface area contributed by atoms with Gasteiger partial charge in [-0.15, -0.1) is 0 Å². The summed E-state index contributed by atoms with van der Waals surface area (Å²) in [6.45, 7) is 0. The minimum Gasteiger partial charge on any atom is -0.498 e. The van der Waals surface area contributed by atoms with Crippen molar-refractivity contribution < 1.29 is 15.2 Å². The van der Waals surface area contributed by atoms with Gasteiger partial charge >= 0.3 is 7.12 Å². The van der Waals surface area contributed by atoms with Gasteiger partial charge in [-0.05, 0) is 0 Å².